The van der Waals surface area contributed by atoms with E-state index >= 15 is 0 Å². The van der Waals surface area contributed by atoms with Crippen LogP contribution in [0.2, 0.25) is 0 Å². The van der Waals surface area contributed by atoms with Crippen LogP contribution in [0.15, 0.2) is 58.4 Å². The molecule has 0 unspecified atom stereocenters. The van der Waals surface area contributed by atoms with Crippen LogP contribution in [-0.2, 0) is 19.3 Å². The van der Waals surface area contributed by atoms with Gasteiger partial charge >= 0.3 is 6.18 Å². The zero-order valence-corrected chi connectivity index (χ0v) is 20.1. The molecule has 0 saturated carbocycles. The van der Waals surface area contributed by atoms with E-state index in [-0.39, 0.29) is 5.56 Å². The number of anilines is 1. The standard InChI is InChI=1S/C26H25F3N6O/c1-4-34-14-18(8-9-22(34)36)20-13-21-23(32-16(3)33-25(21)35-11-10-30-24(20)35)31-15(2)17-6-5-7-19(12-17)26(27,28)29/h5-9,12-15,30H,4,10-11H2,1-3H3/t15-/m1/s1. The second-order valence-corrected chi connectivity index (χ2v) is 8.79. The van der Waals surface area contributed by atoms with Crippen molar-refractivity contribution in [2.75, 3.05) is 11.9 Å². The molecule has 3 aliphatic heterocycles. The first kappa shape index (κ1) is 23.8. The van der Waals surface area contributed by atoms with Crippen molar-refractivity contribution in [2.24, 2.45) is 4.99 Å². The molecule has 0 fully saturated rings. The molecule has 3 aliphatic rings. The maximum Gasteiger partial charge on any atom is 0.416 e. The second-order valence-electron chi connectivity index (χ2n) is 8.79. The molecule has 5 rings (SSSR count). The number of alkyl halides is 3. The summed E-state index contributed by atoms with van der Waals surface area (Å²) in [5.41, 5.74) is 2.49. The van der Waals surface area contributed by atoms with Crippen molar-refractivity contribution in [1.82, 2.24) is 19.1 Å². The lowest BCUT2D eigenvalue weighted by Gasteiger charge is -2.19. The van der Waals surface area contributed by atoms with E-state index in [0.717, 1.165) is 35.6 Å². The van der Waals surface area contributed by atoms with Gasteiger partial charge in [-0.3, -0.25) is 9.79 Å². The number of benzene rings is 1. The van der Waals surface area contributed by atoms with Crippen molar-refractivity contribution in [2.45, 2.75) is 46.1 Å². The minimum absolute atomic E-state index is 0.0798. The lowest BCUT2D eigenvalue weighted by Crippen LogP contribution is -2.21. The van der Waals surface area contributed by atoms with Gasteiger partial charge in [-0.1, -0.05) is 12.1 Å². The van der Waals surface area contributed by atoms with Gasteiger partial charge in [0.15, 0.2) is 5.49 Å². The molecule has 10 heteroatoms. The molecule has 0 spiro atoms. The summed E-state index contributed by atoms with van der Waals surface area (Å²) in [7, 11) is 0. The number of rotatable bonds is 4. The summed E-state index contributed by atoms with van der Waals surface area (Å²) in [4.78, 5) is 26.1. The average molecular weight is 495 g/mol. The van der Waals surface area contributed by atoms with Crippen molar-refractivity contribution < 1.29 is 13.2 Å². The van der Waals surface area contributed by atoms with Crippen molar-refractivity contribution in [1.29, 1.82) is 0 Å². The van der Waals surface area contributed by atoms with Gasteiger partial charge in [-0.05, 0) is 50.6 Å². The predicted molar refractivity (Wildman–Crippen MR) is 131 cm³/mol. The zero-order valence-electron chi connectivity index (χ0n) is 20.1. The smallest absolute Gasteiger partial charge is 0.369 e. The van der Waals surface area contributed by atoms with Crippen LogP contribution >= 0.6 is 0 Å². The Hall–Kier alpha value is -3.95. The number of aryl methyl sites for hydroxylation is 2. The van der Waals surface area contributed by atoms with Gasteiger partial charge in [0.1, 0.15) is 17.5 Å². The van der Waals surface area contributed by atoms with Gasteiger partial charge in [0, 0.05) is 43.0 Å². The number of hydrogen-bond donors (Lipinski definition) is 1. The third-order valence-electron chi connectivity index (χ3n) is 6.36. The molecule has 0 bridgehead atoms. The molecule has 0 radical (unpaired) electrons. The first-order chi connectivity index (χ1) is 17.2. The average Bonchev–Trinajstić information content (AvgIpc) is 3.34. The van der Waals surface area contributed by atoms with Gasteiger partial charge in [-0.15, -0.1) is 0 Å². The molecular formula is C26H25F3N6O. The van der Waals surface area contributed by atoms with Crippen LogP contribution in [-0.4, -0.2) is 25.6 Å². The lowest BCUT2D eigenvalue weighted by atomic mass is 10.0. The first-order valence-corrected chi connectivity index (χ1v) is 11.7. The van der Waals surface area contributed by atoms with E-state index in [1.165, 1.54) is 6.07 Å². The summed E-state index contributed by atoms with van der Waals surface area (Å²) >= 11 is 0. The molecule has 1 aromatic carbocycles. The number of fused-ring (bicyclic) bond motifs is 3. The van der Waals surface area contributed by atoms with E-state index in [1.807, 2.05) is 19.2 Å². The monoisotopic (exact) mass is 494 g/mol. The Bertz CT molecular complexity index is 1550. The second kappa shape index (κ2) is 8.92. The molecule has 186 valence electrons. The Labute approximate surface area is 205 Å². The summed E-state index contributed by atoms with van der Waals surface area (Å²) in [6.07, 6.45) is -2.61. The Balaban J connectivity index is 1.71. The molecule has 0 saturated heterocycles. The lowest BCUT2D eigenvalue weighted by molar-refractivity contribution is -0.137. The molecular weight excluding hydrogens is 469 g/mol. The highest BCUT2D eigenvalue weighted by Crippen LogP contribution is 2.36. The maximum absolute atomic E-state index is 13.2. The van der Waals surface area contributed by atoms with Crippen molar-refractivity contribution in [3.8, 4) is 22.5 Å². The number of aromatic nitrogens is 4. The Morgan fingerprint density at radius 3 is 2.69 bits per heavy atom. The summed E-state index contributed by atoms with van der Waals surface area (Å²) in [5, 5.41) is 3.42. The first-order valence-electron chi connectivity index (χ1n) is 11.7. The Kier molecular flexibility index (Phi) is 5.89. The van der Waals surface area contributed by atoms with Crippen LogP contribution in [0.3, 0.4) is 0 Å². The Morgan fingerprint density at radius 1 is 1.14 bits per heavy atom. The van der Waals surface area contributed by atoms with E-state index in [4.69, 9.17) is 4.99 Å². The molecule has 36 heavy (non-hydrogen) atoms. The predicted octanol–water partition coefficient (Wildman–Crippen LogP) is 4.65. The number of nitrogens with zero attached hydrogens (tertiary/aromatic N) is 5. The van der Waals surface area contributed by atoms with Gasteiger partial charge in [-0.2, -0.15) is 13.2 Å². The fraction of sp³-hybridized carbons (Fsp3) is 0.308. The van der Waals surface area contributed by atoms with E-state index < -0.39 is 17.8 Å². The molecule has 0 amide bonds. The van der Waals surface area contributed by atoms with E-state index in [9.17, 15) is 18.0 Å². The number of hydrogen-bond acceptors (Lipinski definition) is 5. The summed E-state index contributed by atoms with van der Waals surface area (Å²) in [5.74, 6) is 2.11. The van der Waals surface area contributed by atoms with Crippen LogP contribution in [0.1, 0.15) is 36.8 Å². The highest BCUT2D eigenvalue weighted by atomic mass is 19.4. The molecule has 4 heterocycles. The quantitative estimate of drug-likeness (QED) is 0.448. The number of pyridine rings is 2. The number of nitrogens with one attached hydrogen (secondary N) is 1. The highest BCUT2D eigenvalue weighted by Gasteiger charge is 2.31. The third-order valence-corrected chi connectivity index (χ3v) is 6.36. The third kappa shape index (κ3) is 4.27. The van der Waals surface area contributed by atoms with Gasteiger partial charge < -0.3 is 14.5 Å². The SMILES string of the molecule is CCn1cc(-c2cc3c(=N[C@H](C)c4cccc(C(F)(F)F)c4)nc(C)nc-3n3c2NCC3)ccc1=O. The van der Waals surface area contributed by atoms with E-state index in [0.29, 0.717) is 41.4 Å². The van der Waals surface area contributed by atoms with Crippen LogP contribution in [0.25, 0.3) is 22.5 Å². The summed E-state index contributed by atoms with van der Waals surface area (Å²) < 4.78 is 43.5. The fourth-order valence-electron chi connectivity index (χ4n) is 4.53. The van der Waals surface area contributed by atoms with Crippen LogP contribution in [0.5, 0.6) is 0 Å². The van der Waals surface area contributed by atoms with Crippen molar-refractivity contribution in [3.63, 3.8) is 0 Å². The van der Waals surface area contributed by atoms with Crippen LogP contribution in [0, 0.1) is 6.92 Å². The summed E-state index contributed by atoms with van der Waals surface area (Å²) in [6, 6.07) is 9.91. The van der Waals surface area contributed by atoms with Crippen molar-refractivity contribution >= 4 is 5.82 Å². The maximum atomic E-state index is 13.2. The molecule has 0 aliphatic carbocycles. The molecule has 1 N–H and O–H groups in total. The summed E-state index contributed by atoms with van der Waals surface area (Å²) in [6.45, 7) is 7.38. The Morgan fingerprint density at radius 2 is 1.94 bits per heavy atom. The zero-order chi connectivity index (χ0) is 25.6. The molecule has 1 aromatic heterocycles. The van der Waals surface area contributed by atoms with Gasteiger partial charge in [0.2, 0.25) is 0 Å². The normalized spacial score (nSPS) is 14.7. The van der Waals surface area contributed by atoms with Gasteiger partial charge in [0.25, 0.3) is 5.56 Å². The molecule has 2 aromatic rings. The van der Waals surface area contributed by atoms with Crippen molar-refractivity contribution in [3.05, 3.63) is 81.5 Å². The molecule has 1 atom stereocenters. The van der Waals surface area contributed by atoms with E-state index in [1.54, 1.807) is 36.6 Å². The van der Waals surface area contributed by atoms with E-state index in [2.05, 4.69) is 19.9 Å². The van der Waals surface area contributed by atoms with Crippen LogP contribution < -0.4 is 16.4 Å². The highest BCUT2D eigenvalue weighted by molar-refractivity contribution is 5.81. The largest absolute Gasteiger partial charge is 0.416 e. The molecule has 7 nitrogen and oxygen atoms in total. The number of halogens is 3. The van der Waals surface area contributed by atoms with Gasteiger partial charge in [-0.25, -0.2) is 9.97 Å². The minimum Gasteiger partial charge on any atom is -0.369 e. The van der Waals surface area contributed by atoms with Gasteiger partial charge in [0.05, 0.1) is 17.2 Å². The topological polar surface area (TPSA) is 77.1 Å². The minimum atomic E-state index is -4.43. The van der Waals surface area contributed by atoms with Crippen LogP contribution in [0.4, 0.5) is 19.0 Å². The fourth-order valence-corrected chi connectivity index (χ4v) is 4.53.